The van der Waals surface area contributed by atoms with Crippen LogP contribution in [0.5, 0.6) is 0 Å². The van der Waals surface area contributed by atoms with Crippen molar-refractivity contribution >= 4 is 51.9 Å². The molecule has 3 aromatic rings. The molecule has 1 atom stereocenters. The summed E-state index contributed by atoms with van der Waals surface area (Å²) in [5, 5.41) is 15.0. The summed E-state index contributed by atoms with van der Waals surface area (Å²) in [5.41, 5.74) is 2.09. The molecule has 0 aliphatic carbocycles. The minimum Gasteiger partial charge on any atom is -0.611 e. The number of aromatic nitrogens is 2. The highest BCUT2D eigenvalue weighted by Crippen LogP contribution is 2.42. The van der Waals surface area contributed by atoms with E-state index < -0.39 is 17.1 Å². The van der Waals surface area contributed by atoms with E-state index in [1.54, 1.807) is 30.3 Å². The lowest BCUT2D eigenvalue weighted by Gasteiger charge is -2.21. The molecule has 2 aromatic carbocycles. The van der Waals surface area contributed by atoms with Gasteiger partial charge in [-0.05, 0) is 41.5 Å². The molecule has 0 spiro atoms. The van der Waals surface area contributed by atoms with Gasteiger partial charge in [0.1, 0.15) is 11.4 Å². The minimum absolute atomic E-state index is 0.170. The molecule has 1 aliphatic rings. The largest absolute Gasteiger partial charge is 0.611 e. The molecule has 5 nitrogen and oxygen atoms in total. The van der Waals surface area contributed by atoms with Crippen LogP contribution in [0.25, 0.3) is 16.9 Å². The van der Waals surface area contributed by atoms with E-state index in [0.717, 1.165) is 11.1 Å². The van der Waals surface area contributed by atoms with Gasteiger partial charge in [-0.1, -0.05) is 40.9 Å². The van der Waals surface area contributed by atoms with Crippen LogP contribution < -0.4 is 0 Å². The Labute approximate surface area is 166 Å². The summed E-state index contributed by atoms with van der Waals surface area (Å²) in [6.45, 7) is 0. The van der Waals surface area contributed by atoms with Gasteiger partial charge in [0.15, 0.2) is 0 Å². The molecule has 0 radical (unpaired) electrons. The third-order valence-electron chi connectivity index (χ3n) is 4.02. The lowest BCUT2D eigenvalue weighted by Crippen LogP contribution is -2.16. The Morgan fingerprint density at radius 3 is 2.54 bits per heavy atom. The number of hydrogen-bond acceptors (Lipinski definition) is 3. The summed E-state index contributed by atoms with van der Waals surface area (Å²) in [5.74, 6) is -1.08. The van der Waals surface area contributed by atoms with Crippen LogP contribution in [-0.2, 0) is 16.9 Å². The fourth-order valence-electron chi connectivity index (χ4n) is 2.95. The standard InChI is InChI=1S/C17H9Cl3N2O3S/c18-9-1-3-11-8(5-9)7-26(25)16-14(17(23)24)21-22(15(11)16)13-4-2-10(19)6-12(13)20/h1-6H,7H2,(H,23,24). The van der Waals surface area contributed by atoms with Gasteiger partial charge in [0, 0.05) is 21.2 Å². The van der Waals surface area contributed by atoms with Gasteiger partial charge in [-0.2, -0.15) is 5.10 Å². The molecule has 1 unspecified atom stereocenters. The van der Waals surface area contributed by atoms with Crippen LogP contribution in [0.1, 0.15) is 16.1 Å². The molecule has 4 rings (SSSR count). The van der Waals surface area contributed by atoms with Crippen molar-refractivity contribution in [2.45, 2.75) is 10.6 Å². The molecule has 0 saturated heterocycles. The van der Waals surface area contributed by atoms with Crippen LogP contribution in [-0.4, -0.2) is 25.4 Å². The molecule has 132 valence electrons. The molecule has 0 amide bonds. The number of hydrogen-bond donors (Lipinski definition) is 1. The van der Waals surface area contributed by atoms with Crippen molar-refractivity contribution in [3.05, 3.63) is 62.7 Å². The van der Waals surface area contributed by atoms with Crippen LogP contribution >= 0.6 is 34.8 Å². The van der Waals surface area contributed by atoms with E-state index in [0.29, 0.717) is 26.4 Å². The Balaban J connectivity index is 2.07. The van der Waals surface area contributed by atoms with Crippen molar-refractivity contribution in [2.24, 2.45) is 0 Å². The van der Waals surface area contributed by atoms with E-state index in [2.05, 4.69) is 5.10 Å². The average Bonchev–Trinajstić information content (AvgIpc) is 2.96. The first-order valence-corrected chi connectivity index (χ1v) is 9.81. The summed E-state index contributed by atoms with van der Waals surface area (Å²) in [6.07, 6.45) is 0. The fourth-order valence-corrected chi connectivity index (χ4v) is 5.05. The second kappa shape index (κ2) is 6.48. The molecule has 1 aliphatic heterocycles. The predicted molar refractivity (Wildman–Crippen MR) is 101 cm³/mol. The van der Waals surface area contributed by atoms with Gasteiger partial charge in [0.2, 0.25) is 10.6 Å². The number of benzene rings is 2. The average molecular weight is 428 g/mol. The van der Waals surface area contributed by atoms with E-state index in [4.69, 9.17) is 34.8 Å². The van der Waals surface area contributed by atoms with Crippen molar-refractivity contribution in [1.82, 2.24) is 9.78 Å². The number of halogens is 3. The van der Waals surface area contributed by atoms with Crippen LogP contribution in [0.15, 0.2) is 41.3 Å². The number of aromatic carboxylic acids is 1. The highest BCUT2D eigenvalue weighted by Gasteiger charge is 2.38. The maximum Gasteiger partial charge on any atom is 0.361 e. The van der Waals surface area contributed by atoms with Crippen molar-refractivity contribution in [2.75, 3.05) is 0 Å². The first-order chi connectivity index (χ1) is 12.4. The lowest BCUT2D eigenvalue weighted by molar-refractivity contribution is 0.0686. The maximum atomic E-state index is 12.8. The first-order valence-electron chi connectivity index (χ1n) is 7.35. The Hall–Kier alpha value is -1.70. The zero-order chi connectivity index (χ0) is 18.6. The van der Waals surface area contributed by atoms with E-state index in [9.17, 15) is 14.5 Å². The monoisotopic (exact) mass is 426 g/mol. The molecule has 0 fully saturated rings. The van der Waals surface area contributed by atoms with E-state index >= 15 is 0 Å². The van der Waals surface area contributed by atoms with Crippen molar-refractivity contribution in [1.29, 1.82) is 0 Å². The quantitative estimate of drug-likeness (QED) is 0.595. The topological polar surface area (TPSA) is 78.2 Å². The van der Waals surface area contributed by atoms with E-state index in [-0.39, 0.29) is 16.3 Å². The molecule has 0 bridgehead atoms. The summed E-state index contributed by atoms with van der Waals surface area (Å²) in [7, 11) is 0. The first kappa shape index (κ1) is 17.7. The SMILES string of the molecule is O=C(O)c1nn(-c2ccc(Cl)cc2Cl)c2c1[S+]([O-])Cc1cc(Cl)ccc1-2. The second-order valence-electron chi connectivity index (χ2n) is 5.63. The number of carbonyl (C=O) groups is 1. The van der Waals surface area contributed by atoms with E-state index in [1.807, 2.05) is 0 Å². The molecule has 26 heavy (non-hydrogen) atoms. The van der Waals surface area contributed by atoms with Crippen LogP contribution in [0.2, 0.25) is 15.1 Å². The molecule has 0 saturated carbocycles. The second-order valence-corrected chi connectivity index (χ2v) is 8.30. The maximum absolute atomic E-state index is 12.8. The van der Waals surface area contributed by atoms with Gasteiger partial charge in [-0.15, -0.1) is 0 Å². The fraction of sp³-hybridized carbons (Fsp3) is 0.0588. The summed E-state index contributed by atoms with van der Waals surface area (Å²) >= 11 is 16.7. The van der Waals surface area contributed by atoms with Crippen molar-refractivity contribution in [3.8, 4) is 16.9 Å². The number of nitrogens with zero attached hydrogens (tertiary/aromatic N) is 2. The van der Waals surface area contributed by atoms with Gasteiger partial charge in [-0.3, -0.25) is 0 Å². The number of fused-ring (bicyclic) bond motifs is 3. The molecule has 9 heteroatoms. The highest BCUT2D eigenvalue weighted by molar-refractivity contribution is 7.91. The summed E-state index contributed by atoms with van der Waals surface area (Å²) in [4.78, 5) is 11.9. The smallest absolute Gasteiger partial charge is 0.361 e. The molecular weight excluding hydrogens is 419 g/mol. The zero-order valence-corrected chi connectivity index (χ0v) is 16.0. The molecular formula is C17H9Cl3N2O3S. The third-order valence-corrected chi connectivity index (χ3v) is 6.21. The van der Waals surface area contributed by atoms with Gasteiger partial charge >= 0.3 is 5.97 Å². The number of carboxylic acid groups (broad SMARTS) is 1. The summed E-state index contributed by atoms with van der Waals surface area (Å²) < 4.78 is 14.2. The minimum atomic E-state index is -1.57. The van der Waals surface area contributed by atoms with Crippen LogP contribution in [0.3, 0.4) is 0 Å². The molecule has 1 aromatic heterocycles. The molecule has 2 heterocycles. The molecule has 1 N–H and O–H groups in total. The van der Waals surface area contributed by atoms with Gasteiger partial charge in [0.05, 0.1) is 10.7 Å². The van der Waals surface area contributed by atoms with Gasteiger partial charge < -0.3 is 9.66 Å². The number of rotatable bonds is 2. The zero-order valence-electron chi connectivity index (χ0n) is 12.9. The number of carboxylic acids is 1. The van der Waals surface area contributed by atoms with Gasteiger partial charge in [0.25, 0.3) is 0 Å². The van der Waals surface area contributed by atoms with Crippen molar-refractivity contribution < 1.29 is 14.5 Å². The van der Waals surface area contributed by atoms with Gasteiger partial charge in [-0.25, -0.2) is 9.48 Å². The highest BCUT2D eigenvalue weighted by atomic mass is 35.5. The Bertz CT molecular complexity index is 1070. The summed E-state index contributed by atoms with van der Waals surface area (Å²) in [6, 6.07) is 9.98. The van der Waals surface area contributed by atoms with Crippen LogP contribution in [0, 0.1) is 0 Å². The lowest BCUT2D eigenvalue weighted by atomic mass is 10.0. The van der Waals surface area contributed by atoms with Crippen LogP contribution in [0.4, 0.5) is 0 Å². The Kier molecular flexibility index (Phi) is 4.41. The van der Waals surface area contributed by atoms with E-state index in [1.165, 1.54) is 10.7 Å². The normalized spacial score (nSPS) is 15.5. The van der Waals surface area contributed by atoms with Crippen molar-refractivity contribution in [3.63, 3.8) is 0 Å². The Morgan fingerprint density at radius 1 is 1.15 bits per heavy atom. The third kappa shape index (κ3) is 2.78. The predicted octanol–water partition coefficient (Wildman–Crippen LogP) is 4.82. The Morgan fingerprint density at radius 2 is 1.85 bits per heavy atom.